The Morgan fingerprint density at radius 2 is 2.31 bits per heavy atom. The summed E-state index contributed by atoms with van der Waals surface area (Å²) in [5.74, 6) is -0.566. The van der Waals surface area contributed by atoms with Crippen LogP contribution in [0.4, 0.5) is 10.1 Å². The standard InChI is InChI=1S/C8H10FN3O/c1-5-2-3-6(9)4-7(5)11-8(10)12-13/h2-4,13H,1H3,(H3,10,11,12). The minimum absolute atomic E-state index is 0.172. The lowest BCUT2D eigenvalue weighted by Crippen LogP contribution is -2.27. The second kappa shape index (κ2) is 3.86. The lowest BCUT2D eigenvalue weighted by molar-refractivity contribution is 0.233. The molecule has 0 spiro atoms. The van der Waals surface area contributed by atoms with Crippen molar-refractivity contribution in [1.82, 2.24) is 5.48 Å². The fourth-order valence-electron chi connectivity index (χ4n) is 0.858. The Balaban J connectivity index is 3.07. The van der Waals surface area contributed by atoms with Crippen molar-refractivity contribution in [1.29, 1.82) is 0 Å². The van der Waals surface area contributed by atoms with Gasteiger partial charge in [-0.2, -0.15) is 0 Å². The van der Waals surface area contributed by atoms with Crippen LogP contribution in [0.2, 0.25) is 0 Å². The van der Waals surface area contributed by atoms with Gasteiger partial charge < -0.3 is 5.73 Å². The topological polar surface area (TPSA) is 70.6 Å². The van der Waals surface area contributed by atoms with E-state index in [-0.39, 0.29) is 5.96 Å². The third kappa shape index (κ3) is 2.41. The van der Waals surface area contributed by atoms with E-state index in [9.17, 15) is 4.39 Å². The molecular weight excluding hydrogens is 173 g/mol. The molecule has 0 bridgehead atoms. The van der Waals surface area contributed by atoms with E-state index in [1.165, 1.54) is 12.1 Å². The fourth-order valence-corrected chi connectivity index (χ4v) is 0.858. The minimum Gasteiger partial charge on any atom is -0.368 e. The van der Waals surface area contributed by atoms with Gasteiger partial charge in [0.25, 0.3) is 0 Å². The van der Waals surface area contributed by atoms with Crippen LogP contribution in [0.1, 0.15) is 5.56 Å². The Hall–Kier alpha value is -1.62. The van der Waals surface area contributed by atoms with Crippen molar-refractivity contribution in [3.05, 3.63) is 29.6 Å². The van der Waals surface area contributed by atoms with Gasteiger partial charge in [0.1, 0.15) is 5.82 Å². The zero-order valence-electron chi connectivity index (χ0n) is 7.08. The summed E-state index contributed by atoms with van der Waals surface area (Å²) >= 11 is 0. The maximum absolute atomic E-state index is 12.7. The van der Waals surface area contributed by atoms with Crippen LogP contribution < -0.4 is 11.2 Å². The number of nitrogens with one attached hydrogen (secondary N) is 1. The van der Waals surface area contributed by atoms with E-state index in [4.69, 9.17) is 10.9 Å². The fraction of sp³-hybridized carbons (Fsp3) is 0.125. The monoisotopic (exact) mass is 183 g/mol. The van der Waals surface area contributed by atoms with Crippen molar-refractivity contribution < 1.29 is 9.60 Å². The summed E-state index contributed by atoms with van der Waals surface area (Å²) in [6, 6.07) is 4.15. The molecule has 0 saturated carbocycles. The molecule has 13 heavy (non-hydrogen) atoms. The van der Waals surface area contributed by atoms with E-state index in [0.29, 0.717) is 5.69 Å². The smallest absolute Gasteiger partial charge is 0.218 e. The van der Waals surface area contributed by atoms with Gasteiger partial charge >= 0.3 is 0 Å². The molecule has 0 fully saturated rings. The molecule has 0 aliphatic heterocycles. The summed E-state index contributed by atoms with van der Waals surface area (Å²) in [7, 11) is 0. The Morgan fingerprint density at radius 1 is 1.62 bits per heavy atom. The Morgan fingerprint density at radius 3 is 2.92 bits per heavy atom. The molecule has 0 saturated heterocycles. The first kappa shape index (κ1) is 9.47. The molecule has 0 aliphatic rings. The molecule has 1 aromatic carbocycles. The SMILES string of the molecule is Cc1ccc(F)cc1N=C(N)NO. The van der Waals surface area contributed by atoms with Crippen molar-refractivity contribution in [3.8, 4) is 0 Å². The van der Waals surface area contributed by atoms with E-state index in [1.54, 1.807) is 18.5 Å². The van der Waals surface area contributed by atoms with Crippen molar-refractivity contribution in [3.63, 3.8) is 0 Å². The molecule has 70 valence electrons. The van der Waals surface area contributed by atoms with E-state index in [0.717, 1.165) is 5.56 Å². The first-order valence-corrected chi connectivity index (χ1v) is 3.64. The summed E-state index contributed by atoms with van der Waals surface area (Å²) in [5.41, 5.74) is 8.02. The molecule has 0 unspecified atom stereocenters. The Bertz CT molecular complexity index is 338. The molecule has 0 atom stereocenters. The van der Waals surface area contributed by atoms with Gasteiger partial charge in [0.05, 0.1) is 5.69 Å². The predicted octanol–water partition coefficient (Wildman–Crippen LogP) is 1.06. The third-order valence-electron chi connectivity index (χ3n) is 1.53. The number of aliphatic imine (C=N–C) groups is 1. The highest BCUT2D eigenvalue weighted by molar-refractivity contribution is 5.80. The highest BCUT2D eigenvalue weighted by atomic mass is 19.1. The molecule has 0 aliphatic carbocycles. The second-order valence-corrected chi connectivity index (χ2v) is 2.54. The number of hydroxylamine groups is 1. The van der Waals surface area contributed by atoms with Gasteiger partial charge in [0, 0.05) is 0 Å². The predicted molar refractivity (Wildman–Crippen MR) is 47.3 cm³/mol. The van der Waals surface area contributed by atoms with Gasteiger partial charge in [-0.25, -0.2) is 14.9 Å². The Kier molecular flexibility index (Phi) is 2.81. The maximum atomic E-state index is 12.7. The number of halogens is 1. The van der Waals surface area contributed by atoms with Crippen molar-refractivity contribution in [2.24, 2.45) is 10.7 Å². The number of hydrogen-bond acceptors (Lipinski definition) is 2. The molecule has 0 radical (unpaired) electrons. The van der Waals surface area contributed by atoms with E-state index in [1.807, 2.05) is 0 Å². The first-order valence-electron chi connectivity index (χ1n) is 3.64. The van der Waals surface area contributed by atoms with Crippen LogP contribution >= 0.6 is 0 Å². The minimum atomic E-state index is -0.393. The number of aryl methyl sites for hydroxylation is 1. The second-order valence-electron chi connectivity index (χ2n) is 2.54. The van der Waals surface area contributed by atoms with Crippen molar-refractivity contribution in [2.75, 3.05) is 0 Å². The number of nitrogens with zero attached hydrogens (tertiary/aromatic N) is 1. The summed E-state index contributed by atoms with van der Waals surface area (Å²) in [6.45, 7) is 1.77. The zero-order chi connectivity index (χ0) is 9.84. The van der Waals surface area contributed by atoms with E-state index < -0.39 is 5.82 Å². The molecule has 0 aromatic heterocycles. The van der Waals surface area contributed by atoms with E-state index >= 15 is 0 Å². The van der Waals surface area contributed by atoms with Crippen LogP contribution in [-0.4, -0.2) is 11.2 Å². The van der Waals surface area contributed by atoms with Crippen LogP contribution in [0, 0.1) is 12.7 Å². The highest BCUT2D eigenvalue weighted by Gasteiger charge is 1.99. The summed E-state index contributed by atoms with van der Waals surface area (Å²) in [4.78, 5) is 3.73. The van der Waals surface area contributed by atoms with Gasteiger partial charge in [-0.05, 0) is 24.6 Å². The van der Waals surface area contributed by atoms with Gasteiger partial charge in [-0.1, -0.05) is 6.07 Å². The lowest BCUT2D eigenvalue weighted by atomic mass is 10.2. The molecule has 4 N–H and O–H groups in total. The molecule has 1 aromatic rings. The van der Waals surface area contributed by atoms with Gasteiger partial charge in [-0.3, -0.25) is 5.21 Å². The van der Waals surface area contributed by atoms with Crippen LogP contribution in [0.3, 0.4) is 0 Å². The maximum Gasteiger partial charge on any atom is 0.218 e. The van der Waals surface area contributed by atoms with Gasteiger partial charge in [0.2, 0.25) is 5.96 Å². The third-order valence-corrected chi connectivity index (χ3v) is 1.53. The molecular formula is C8H10FN3O. The normalized spacial score (nSPS) is 11.5. The highest BCUT2D eigenvalue weighted by Crippen LogP contribution is 2.18. The molecule has 0 amide bonds. The van der Waals surface area contributed by atoms with Crippen molar-refractivity contribution >= 4 is 11.6 Å². The first-order chi connectivity index (χ1) is 6.13. The number of rotatable bonds is 1. The average Bonchev–Trinajstić information content (AvgIpc) is 2.11. The summed E-state index contributed by atoms with van der Waals surface area (Å²) in [5, 5.41) is 8.36. The molecule has 4 nitrogen and oxygen atoms in total. The number of guanidine groups is 1. The lowest BCUT2D eigenvalue weighted by Gasteiger charge is -2.01. The van der Waals surface area contributed by atoms with Crippen LogP contribution in [-0.2, 0) is 0 Å². The van der Waals surface area contributed by atoms with Crippen LogP contribution in [0.25, 0.3) is 0 Å². The van der Waals surface area contributed by atoms with Crippen LogP contribution in [0.5, 0.6) is 0 Å². The van der Waals surface area contributed by atoms with Crippen LogP contribution in [0.15, 0.2) is 23.2 Å². The quantitative estimate of drug-likeness (QED) is 0.346. The zero-order valence-corrected chi connectivity index (χ0v) is 7.08. The van der Waals surface area contributed by atoms with Gasteiger partial charge in [-0.15, -0.1) is 0 Å². The number of hydrogen-bond donors (Lipinski definition) is 3. The van der Waals surface area contributed by atoms with Gasteiger partial charge in [0.15, 0.2) is 0 Å². The largest absolute Gasteiger partial charge is 0.368 e. The van der Waals surface area contributed by atoms with Crippen molar-refractivity contribution in [2.45, 2.75) is 6.92 Å². The molecule has 1 rings (SSSR count). The van der Waals surface area contributed by atoms with E-state index in [2.05, 4.69) is 4.99 Å². The number of benzene rings is 1. The number of nitrogens with two attached hydrogens (primary N) is 1. The Labute approximate surface area is 74.9 Å². The molecule has 5 heteroatoms. The summed E-state index contributed by atoms with van der Waals surface area (Å²) < 4.78 is 12.7. The molecule has 0 heterocycles. The average molecular weight is 183 g/mol. The summed E-state index contributed by atoms with van der Waals surface area (Å²) in [6.07, 6.45) is 0.